The van der Waals surface area contributed by atoms with Crippen LogP contribution in [0.4, 0.5) is 0 Å². The Morgan fingerprint density at radius 3 is 2.09 bits per heavy atom. The van der Waals surface area contributed by atoms with Gasteiger partial charge in [-0.2, -0.15) is 0 Å². The second-order valence-corrected chi connectivity index (χ2v) is 15.3. The number of carbonyl (C=O) groups is 4. The van der Waals surface area contributed by atoms with Crippen LogP contribution in [0.15, 0.2) is 18.2 Å². The van der Waals surface area contributed by atoms with Crippen molar-refractivity contribution in [2.75, 3.05) is 26.5 Å². The van der Waals surface area contributed by atoms with Crippen LogP contribution < -0.4 is 72.0 Å². The Balaban J connectivity index is 0.00000406. The minimum Gasteiger partial charge on any atom is -0.748 e. The molecule has 55 heavy (non-hydrogen) atoms. The number of Topliss-reactive ketones (excluding diaryl/α,β-unsaturated/α-hetero) is 1. The van der Waals surface area contributed by atoms with E-state index in [1.165, 1.54) is 14.0 Å². The van der Waals surface area contributed by atoms with E-state index in [2.05, 4.69) is 17.6 Å². The number of hydrogen-bond acceptors (Lipinski definition) is 10. The van der Waals surface area contributed by atoms with Crippen molar-refractivity contribution < 1.29 is 109 Å². The van der Waals surface area contributed by atoms with Crippen LogP contribution in [0.25, 0.3) is 22.1 Å². The third kappa shape index (κ3) is 10.1. The third-order valence-electron chi connectivity index (χ3n) is 10.5. The number of ketones is 1. The monoisotopic (exact) mass is 890 g/mol. The summed E-state index contributed by atoms with van der Waals surface area (Å²) in [6.45, 7) is 10.7. The van der Waals surface area contributed by atoms with Gasteiger partial charge in [0.15, 0.2) is 5.78 Å². The summed E-state index contributed by atoms with van der Waals surface area (Å²) in [6, 6.07) is 5.48. The van der Waals surface area contributed by atoms with Gasteiger partial charge in [0, 0.05) is 77.6 Å². The second kappa shape index (κ2) is 19.2. The molecule has 0 radical (unpaired) electrons. The van der Waals surface area contributed by atoms with Gasteiger partial charge in [-0.1, -0.05) is 50.1 Å². The van der Waals surface area contributed by atoms with Gasteiger partial charge in [0.05, 0.1) is 29.4 Å². The Hall–Kier alpha value is -2.59. The fourth-order valence-corrected chi connectivity index (χ4v) is 7.83. The number of aryl methyl sites for hydroxylation is 2. The Labute approximate surface area is 377 Å². The van der Waals surface area contributed by atoms with Gasteiger partial charge in [0.2, 0.25) is 11.8 Å². The maximum Gasteiger partial charge on any atom is 2.00 e. The Morgan fingerprint density at radius 2 is 1.49 bits per heavy atom. The molecule has 0 spiro atoms. The van der Waals surface area contributed by atoms with E-state index in [9.17, 15) is 32.1 Å². The van der Waals surface area contributed by atoms with Crippen LogP contribution in [0.5, 0.6) is 0 Å². The second-order valence-electron chi connectivity index (χ2n) is 13.8. The maximum absolute atomic E-state index is 14.0. The number of aromatic nitrogens is 4. The summed E-state index contributed by atoms with van der Waals surface area (Å²) in [5, 5.41) is 5.19. The summed E-state index contributed by atoms with van der Waals surface area (Å²) in [6.07, 6.45) is 0.873. The largest absolute Gasteiger partial charge is 2.00 e. The number of rotatable bonds is 11. The predicted octanol–water partition coefficient (Wildman–Crippen LogP) is 1.10. The molecular formula is C38H45KN6O8PdS. The fraction of sp³-hybridized carbons (Fsp3) is 0.474. The molecule has 17 heteroatoms. The number of methoxy groups -OCH3 is 1. The SMILES string of the molecule is CC[C@H]1c2cc3[n-]c(c(CC(=O)OC)c4nc(cc5[n-]c(cc(n2)C1C)c(C(C)=O)c5C)C(C)[C@@H]4CCC(=O)NC)c(C(=O)NCCS(=O)(=O)[O-])c3C.[K+].[Pd+2]. The van der Waals surface area contributed by atoms with E-state index in [4.69, 9.17) is 24.7 Å². The van der Waals surface area contributed by atoms with Crippen molar-refractivity contribution in [3.05, 3.63) is 68.8 Å². The summed E-state index contributed by atoms with van der Waals surface area (Å²) in [4.78, 5) is 72.7. The normalized spacial score (nSPS) is 17.8. The van der Waals surface area contributed by atoms with E-state index >= 15 is 0 Å². The third-order valence-corrected chi connectivity index (χ3v) is 11.2. The smallest absolute Gasteiger partial charge is 0.748 e. The van der Waals surface area contributed by atoms with E-state index < -0.39 is 40.2 Å². The van der Waals surface area contributed by atoms with Gasteiger partial charge in [0.1, 0.15) is 0 Å². The molecule has 14 nitrogen and oxygen atoms in total. The average molecular weight is 891 g/mol. The van der Waals surface area contributed by atoms with Gasteiger partial charge in [-0.25, -0.2) is 8.42 Å². The first-order valence-electron chi connectivity index (χ1n) is 17.7. The van der Waals surface area contributed by atoms with Gasteiger partial charge in [-0.3, -0.25) is 29.1 Å². The van der Waals surface area contributed by atoms with Crippen LogP contribution >= 0.6 is 0 Å². The number of ether oxygens (including phenoxy) is 1. The molecule has 2 aliphatic rings. The molecule has 3 aromatic rings. The molecule has 0 saturated carbocycles. The van der Waals surface area contributed by atoms with Crippen LogP contribution in [0, 0.1) is 13.8 Å². The zero-order valence-electron chi connectivity index (χ0n) is 32.6. The van der Waals surface area contributed by atoms with Crippen LogP contribution in [0.2, 0.25) is 0 Å². The van der Waals surface area contributed by atoms with Crippen molar-refractivity contribution in [2.45, 2.75) is 90.9 Å². The minimum atomic E-state index is -4.62. The number of esters is 1. The summed E-state index contributed by atoms with van der Waals surface area (Å²) >= 11 is 0. The van der Waals surface area contributed by atoms with E-state index in [-0.39, 0.29) is 125 Å². The summed E-state index contributed by atoms with van der Waals surface area (Å²) in [7, 11) is -1.83. The first-order chi connectivity index (χ1) is 25.0. The van der Waals surface area contributed by atoms with Crippen LogP contribution in [0.1, 0.15) is 131 Å². The molecule has 2 unspecified atom stereocenters. The standard InChI is InChI=1S/C38H48N6O8S.K.Pd/c1-9-23-18(2)26-17-31-34(22(6)45)20(4)28(42-31)15-27-19(3)24(10-11-32(46)39-7)36(43-27)25(14-33(47)52-8)37-35(38(48)40-12-13-53(49,50)51)21(5)29(44-37)16-30(23)41-26;;/h15-19,23-24H,9-14H2,1-8H3,(H5,39,40,41,42,43,44,45,46,48,49,50,51);;/q;+1;+2/p-3/t18?,19?,23-,24+;;/m1../s1. The molecular weight excluding hydrogens is 846 g/mol. The van der Waals surface area contributed by atoms with Gasteiger partial charge in [-0.15, -0.1) is 22.1 Å². The summed E-state index contributed by atoms with van der Waals surface area (Å²) in [5.41, 5.74) is 6.06. The molecule has 5 heterocycles. The number of amides is 2. The Kier molecular flexibility index (Phi) is 16.4. The summed E-state index contributed by atoms with van der Waals surface area (Å²) in [5.74, 6) is -3.26. The van der Waals surface area contributed by atoms with Crippen molar-refractivity contribution in [1.82, 2.24) is 30.6 Å². The number of hydrogen-bond donors (Lipinski definition) is 2. The van der Waals surface area contributed by atoms with E-state index in [1.807, 2.05) is 32.9 Å². The first kappa shape index (κ1) is 46.8. The molecule has 3 aromatic heterocycles. The van der Waals surface area contributed by atoms with Crippen molar-refractivity contribution in [3.63, 3.8) is 0 Å². The zero-order valence-corrected chi connectivity index (χ0v) is 38.1. The van der Waals surface area contributed by atoms with Crippen molar-refractivity contribution in [3.8, 4) is 0 Å². The Bertz CT molecular complexity index is 2270. The topological polar surface area (TPSA) is 213 Å². The number of nitrogens with one attached hydrogen (secondary N) is 2. The van der Waals surface area contributed by atoms with E-state index in [0.29, 0.717) is 62.3 Å². The zero-order chi connectivity index (χ0) is 38.9. The number of fused-ring (bicyclic) bond motifs is 8. The van der Waals surface area contributed by atoms with Gasteiger partial charge < -0.3 is 29.9 Å². The molecule has 0 saturated heterocycles. The molecule has 5 rings (SSSR count). The Morgan fingerprint density at radius 1 is 0.909 bits per heavy atom. The van der Waals surface area contributed by atoms with Gasteiger partial charge in [0.25, 0.3) is 0 Å². The maximum atomic E-state index is 14.0. The fourth-order valence-electron chi connectivity index (χ4n) is 7.47. The molecule has 292 valence electrons. The summed E-state index contributed by atoms with van der Waals surface area (Å²) < 4.78 is 39.3. The van der Waals surface area contributed by atoms with E-state index in [0.717, 1.165) is 12.1 Å². The van der Waals surface area contributed by atoms with Gasteiger partial charge in [-0.05, 0) is 39.2 Å². The van der Waals surface area contributed by atoms with E-state index in [1.54, 1.807) is 20.0 Å². The molecule has 0 aromatic carbocycles. The quantitative estimate of drug-likeness (QED) is 0.120. The average Bonchev–Trinajstić information content (AvgIpc) is 3.78. The number of carbonyl (C=O) groups excluding carboxylic acids is 4. The molecule has 2 aliphatic heterocycles. The molecule has 4 atom stereocenters. The van der Waals surface area contributed by atoms with Gasteiger partial charge >= 0.3 is 77.8 Å². The number of nitrogens with zero attached hydrogens (tertiary/aromatic N) is 4. The minimum absolute atomic E-state index is 0. The van der Waals surface area contributed by atoms with Crippen molar-refractivity contribution in [1.29, 1.82) is 0 Å². The van der Waals surface area contributed by atoms with Crippen LogP contribution in [-0.4, -0.2) is 73.0 Å². The molecule has 0 aliphatic carbocycles. The molecule has 2 amide bonds. The molecule has 2 N–H and O–H groups in total. The van der Waals surface area contributed by atoms with Crippen LogP contribution in [-0.2, 0) is 51.3 Å². The first-order valence-corrected chi connectivity index (χ1v) is 19.2. The predicted molar refractivity (Wildman–Crippen MR) is 197 cm³/mol. The van der Waals surface area contributed by atoms with Crippen LogP contribution in [0.3, 0.4) is 0 Å². The molecule has 8 bridgehead atoms. The molecule has 0 fully saturated rings. The van der Waals surface area contributed by atoms with Crippen molar-refractivity contribution in [2.24, 2.45) is 0 Å². The van der Waals surface area contributed by atoms with Crippen molar-refractivity contribution >= 4 is 55.8 Å².